The zero-order chi connectivity index (χ0) is 11.8. The average Bonchev–Trinajstić information content (AvgIpc) is 2.25. The lowest BCUT2D eigenvalue weighted by Gasteiger charge is -2.09. The molecule has 0 fully saturated rings. The van der Waals surface area contributed by atoms with Gasteiger partial charge in [0.15, 0.2) is 0 Å². The second kappa shape index (κ2) is 7.15. The van der Waals surface area contributed by atoms with Crippen molar-refractivity contribution in [1.82, 2.24) is 0 Å². The fraction of sp³-hybridized carbons (Fsp3) is 0.571. The van der Waals surface area contributed by atoms with E-state index in [4.69, 9.17) is 4.74 Å². The minimum absolute atomic E-state index is 0.719. The number of ether oxygens (including phenoxy) is 1. The molecule has 1 N–H and O–H groups in total. The predicted molar refractivity (Wildman–Crippen MR) is 70.2 cm³/mol. The SMILES string of the molecule is CCOc1cccc(NCCCC(C)C)c1. The van der Waals surface area contributed by atoms with E-state index in [-0.39, 0.29) is 0 Å². The molecule has 0 radical (unpaired) electrons. The van der Waals surface area contributed by atoms with E-state index in [0.29, 0.717) is 0 Å². The average molecular weight is 221 g/mol. The Hall–Kier alpha value is -1.18. The molecule has 0 saturated heterocycles. The highest BCUT2D eigenvalue weighted by molar-refractivity contribution is 5.48. The zero-order valence-corrected chi connectivity index (χ0v) is 10.6. The van der Waals surface area contributed by atoms with Crippen molar-refractivity contribution in [3.05, 3.63) is 24.3 Å². The van der Waals surface area contributed by atoms with Gasteiger partial charge in [0.25, 0.3) is 0 Å². The molecule has 0 unspecified atom stereocenters. The van der Waals surface area contributed by atoms with Crippen LogP contribution in [0.4, 0.5) is 5.69 Å². The van der Waals surface area contributed by atoms with Gasteiger partial charge in [-0.15, -0.1) is 0 Å². The third-order valence-electron chi connectivity index (χ3n) is 2.43. The van der Waals surface area contributed by atoms with E-state index in [1.807, 2.05) is 19.1 Å². The highest BCUT2D eigenvalue weighted by Crippen LogP contribution is 2.17. The summed E-state index contributed by atoms with van der Waals surface area (Å²) in [6.45, 7) is 8.28. The van der Waals surface area contributed by atoms with Crippen molar-refractivity contribution in [2.75, 3.05) is 18.5 Å². The summed E-state index contributed by atoms with van der Waals surface area (Å²) in [4.78, 5) is 0. The lowest BCUT2D eigenvalue weighted by Crippen LogP contribution is -2.03. The molecule has 0 spiro atoms. The van der Waals surface area contributed by atoms with Crippen molar-refractivity contribution in [1.29, 1.82) is 0 Å². The van der Waals surface area contributed by atoms with E-state index in [1.54, 1.807) is 0 Å². The second-order valence-corrected chi connectivity index (χ2v) is 4.42. The summed E-state index contributed by atoms with van der Waals surface area (Å²) in [6.07, 6.45) is 2.49. The van der Waals surface area contributed by atoms with Gasteiger partial charge in [-0.2, -0.15) is 0 Å². The number of benzene rings is 1. The predicted octanol–water partition coefficient (Wildman–Crippen LogP) is 3.93. The van der Waals surface area contributed by atoms with E-state index in [2.05, 4.69) is 31.3 Å². The van der Waals surface area contributed by atoms with Crippen LogP contribution in [-0.2, 0) is 0 Å². The third kappa shape index (κ3) is 5.06. The summed E-state index contributed by atoms with van der Waals surface area (Å²) >= 11 is 0. The molecule has 2 heteroatoms. The van der Waals surface area contributed by atoms with Crippen LogP contribution in [0.25, 0.3) is 0 Å². The Balaban J connectivity index is 2.33. The van der Waals surface area contributed by atoms with Gasteiger partial charge in [-0.3, -0.25) is 0 Å². The Morgan fingerprint density at radius 2 is 2.12 bits per heavy atom. The summed E-state index contributed by atoms with van der Waals surface area (Å²) in [5.74, 6) is 1.73. The van der Waals surface area contributed by atoms with Gasteiger partial charge in [-0.05, 0) is 37.8 Å². The largest absolute Gasteiger partial charge is 0.494 e. The fourth-order valence-electron chi connectivity index (χ4n) is 1.61. The first kappa shape index (κ1) is 12.9. The first-order valence-electron chi connectivity index (χ1n) is 6.19. The van der Waals surface area contributed by atoms with Gasteiger partial charge >= 0.3 is 0 Å². The topological polar surface area (TPSA) is 21.3 Å². The van der Waals surface area contributed by atoms with Crippen LogP contribution in [0, 0.1) is 5.92 Å². The molecule has 0 bridgehead atoms. The van der Waals surface area contributed by atoms with Gasteiger partial charge in [-0.1, -0.05) is 19.9 Å². The lowest BCUT2D eigenvalue weighted by atomic mass is 10.1. The monoisotopic (exact) mass is 221 g/mol. The normalized spacial score (nSPS) is 10.5. The molecular formula is C14H23NO. The molecule has 2 nitrogen and oxygen atoms in total. The second-order valence-electron chi connectivity index (χ2n) is 4.42. The third-order valence-corrected chi connectivity index (χ3v) is 2.43. The van der Waals surface area contributed by atoms with Crippen molar-refractivity contribution in [3.8, 4) is 5.75 Å². The molecule has 1 aromatic rings. The van der Waals surface area contributed by atoms with Gasteiger partial charge < -0.3 is 10.1 Å². The number of hydrogen-bond donors (Lipinski definition) is 1. The van der Waals surface area contributed by atoms with Crippen LogP contribution in [0.5, 0.6) is 5.75 Å². The Morgan fingerprint density at radius 1 is 1.31 bits per heavy atom. The van der Waals surface area contributed by atoms with Crippen molar-refractivity contribution >= 4 is 5.69 Å². The molecule has 16 heavy (non-hydrogen) atoms. The maximum Gasteiger partial charge on any atom is 0.121 e. The summed E-state index contributed by atoms with van der Waals surface area (Å²) in [7, 11) is 0. The highest BCUT2D eigenvalue weighted by Gasteiger charge is 1.97. The molecule has 0 saturated carbocycles. The Kier molecular flexibility index (Phi) is 5.76. The Bertz CT molecular complexity index is 297. The van der Waals surface area contributed by atoms with E-state index >= 15 is 0 Å². The van der Waals surface area contributed by atoms with Gasteiger partial charge in [0.2, 0.25) is 0 Å². The van der Waals surface area contributed by atoms with Crippen LogP contribution in [0.2, 0.25) is 0 Å². The molecule has 0 amide bonds. The van der Waals surface area contributed by atoms with E-state index in [9.17, 15) is 0 Å². The van der Waals surface area contributed by atoms with Crippen molar-refractivity contribution < 1.29 is 4.74 Å². The molecule has 0 aliphatic rings. The quantitative estimate of drug-likeness (QED) is 0.704. The van der Waals surface area contributed by atoms with Crippen LogP contribution >= 0.6 is 0 Å². The Morgan fingerprint density at radius 3 is 2.81 bits per heavy atom. The van der Waals surface area contributed by atoms with E-state index in [0.717, 1.165) is 30.5 Å². The molecule has 0 aliphatic carbocycles. The maximum absolute atomic E-state index is 5.45. The van der Waals surface area contributed by atoms with Gasteiger partial charge in [0.1, 0.15) is 5.75 Å². The summed E-state index contributed by atoms with van der Waals surface area (Å²) in [5, 5.41) is 3.42. The minimum atomic E-state index is 0.719. The molecule has 0 atom stereocenters. The molecule has 1 rings (SSSR count). The van der Waals surface area contributed by atoms with Gasteiger partial charge in [-0.25, -0.2) is 0 Å². The molecule has 0 aromatic heterocycles. The van der Waals surface area contributed by atoms with Crippen molar-refractivity contribution in [3.63, 3.8) is 0 Å². The lowest BCUT2D eigenvalue weighted by molar-refractivity contribution is 0.340. The number of anilines is 1. The van der Waals surface area contributed by atoms with Crippen molar-refractivity contribution in [2.24, 2.45) is 5.92 Å². The van der Waals surface area contributed by atoms with Crippen LogP contribution in [-0.4, -0.2) is 13.2 Å². The van der Waals surface area contributed by atoms with Gasteiger partial charge in [0.05, 0.1) is 6.61 Å². The first-order valence-corrected chi connectivity index (χ1v) is 6.19. The first-order chi connectivity index (χ1) is 7.72. The molecule has 90 valence electrons. The summed E-state index contributed by atoms with van der Waals surface area (Å²) in [6, 6.07) is 8.15. The molecule has 0 heterocycles. The van der Waals surface area contributed by atoms with E-state index < -0.39 is 0 Å². The minimum Gasteiger partial charge on any atom is -0.494 e. The zero-order valence-electron chi connectivity index (χ0n) is 10.6. The summed E-state index contributed by atoms with van der Waals surface area (Å²) in [5.41, 5.74) is 1.15. The smallest absolute Gasteiger partial charge is 0.121 e. The maximum atomic E-state index is 5.45. The number of hydrogen-bond acceptors (Lipinski definition) is 2. The number of nitrogens with one attached hydrogen (secondary N) is 1. The Labute approximate surface area is 99.0 Å². The standard InChI is InChI=1S/C14H23NO/c1-4-16-14-9-5-8-13(11-14)15-10-6-7-12(2)3/h5,8-9,11-12,15H,4,6-7,10H2,1-3H3. The molecule has 1 aromatic carbocycles. The number of rotatable bonds is 7. The molecular weight excluding hydrogens is 198 g/mol. The molecule has 0 aliphatic heterocycles. The van der Waals surface area contributed by atoms with Crippen LogP contribution in [0.3, 0.4) is 0 Å². The van der Waals surface area contributed by atoms with Crippen LogP contribution in [0.15, 0.2) is 24.3 Å². The van der Waals surface area contributed by atoms with Crippen molar-refractivity contribution in [2.45, 2.75) is 33.6 Å². The highest BCUT2D eigenvalue weighted by atomic mass is 16.5. The van der Waals surface area contributed by atoms with Crippen LogP contribution < -0.4 is 10.1 Å². The summed E-state index contributed by atoms with van der Waals surface area (Å²) < 4.78 is 5.45. The fourth-order valence-corrected chi connectivity index (χ4v) is 1.61. The van der Waals surface area contributed by atoms with Crippen LogP contribution in [0.1, 0.15) is 33.6 Å². The van der Waals surface area contributed by atoms with E-state index in [1.165, 1.54) is 12.8 Å². The van der Waals surface area contributed by atoms with Gasteiger partial charge in [0, 0.05) is 18.3 Å².